The van der Waals surface area contributed by atoms with E-state index in [9.17, 15) is 20.1 Å². The average Bonchev–Trinajstić information content (AvgIpc) is 3.97. The fraction of sp³-hybridized carbons (Fsp3) is 0.689. The van der Waals surface area contributed by atoms with Gasteiger partial charge in [-0.1, -0.05) is 74.4 Å². The van der Waals surface area contributed by atoms with Gasteiger partial charge < -0.3 is 34.6 Å². The third kappa shape index (κ3) is 9.09. The van der Waals surface area contributed by atoms with Crippen molar-refractivity contribution in [3.8, 4) is 5.75 Å². The normalized spacial score (nSPS) is 40.6. The van der Waals surface area contributed by atoms with Gasteiger partial charge in [-0.05, 0) is 220 Å². The lowest BCUT2D eigenvalue weighted by Crippen LogP contribution is -2.46. The number of aryl methyl sites for hydroxylation is 2. The van der Waals surface area contributed by atoms with E-state index < -0.39 is 0 Å². The maximum absolute atomic E-state index is 11.6. The fourth-order valence-corrected chi connectivity index (χ4v) is 18.5. The molecule has 0 radical (unpaired) electrons. The molecule has 0 spiro atoms. The van der Waals surface area contributed by atoms with Crippen LogP contribution >= 0.6 is 0 Å². The molecule has 11 nitrogen and oxygen atoms in total. The summed E-state index contributed by atoms with van der Waals surface area (Å²) < 4.78 is 5.74. The van der Waals surface area contributed by atoms with Gasteiger partial charge in [0.25, 0.3) is 0 Å². The minimum atomic E-state index is -0.154. The Kier molecular flexibility index (Phi) is 14.9. The van der Waals surface area contributed by atoms with E-state index in [4.69, 9.17) is 36.9 Å². The molecule has 11 heteroatoms. The number of phenolic OH excluding ortho intramolecular Hbond substituents is 1. The summed E-state index contributed by atoms with van der Waals surface area (Å²) in [6, 6.07) is 19.6. The molecule has 394 valence electrons. The largest absolute Gasteiger partial charge is 0.508 e. The monoisotopic (exact) mass is 990 g/mol. The minimum absolute atomic E-state index is 0.0731. The van der Waals surface area contributed by atoms with Crippen molar-refractivity contribution in [3.05, 3.63) is 99.1 Å². The molecular formula is C61H87N3O8. The summed E-state index contributed by atoms with van der Waals surface area (Å²) in [5.74, 6) is 23.0. The topological polar surface area (TPSA) is 193 Å². The summed E-state index contributed by atoms with van der Waals surface area (Å²) in [4.78, 5) is 26.7. The molecule has 0 amide bonds. The Morgan fingerprint density at radius 3 is 1.32 bits per heavy atom. The van der Waals surface area contributed by atoms with E-state index in [0.29, 0.717) is 90.7 Å². The zero-order valence-corrected chi connectivity index (χ0v) is 44.2. The van der Waals surface area contributed by atoms with Crippen LogP contribution in [0.1, 0.15) is 204 Å². The predicted molar refractivity (Wildman–Crippen MR) is 279 cm³/mol. The van der Waals surface area contributed by atoms with Crippen molar-refractivity contribution in [1.29, 1.82) is 0 Å². The summed E-state index contributed by atoms with van der Waals surface area (Å²) in [7, 11) is 0. The van der Waals surface area contributed by atoms with E-state index in [1.807, 2.05) is 6.07 Å². The van der Waals surface area contributed by atoms with Crippen LogP contribution in [0.15, 0.2) is 54.6 Å². The number of esters is 1. The van der Waals surface area contributed by atoms with Gasteiger partial charge in [-0.25, -0.2) is 17.7 Å². The van der Waals surface area contributed by atoms with Gasteiger partial charge in [0.2, 0.25) is 0 Å². The van der Waals surface area contributed by atoms with Crippen LogP contribution in [0.2, 0.25) is 0 Å². The first kappa shape index (κ1) is 52.1. The van der Waals surface area contributed by atoms with Crippen molar-refractivity contribution in [2.45, 2.75) is 192 Å². The number of aliphatic hydroxyl groups excluding tert-OH is 2. The minimum Gasteiger partial charge on any atom is -0.508 e. The molecule has 3 aromatic carbocycles. The van der Waals surface area contributed by atoms with Gasteiger partial charge >= 0.3 is 5.97 Å². The van der Waals surface area contributed by atoms with Gasteiger partial charge in [-0.15, -0.1) is 0 Å². The molecule has 9 N–H and O–H groups in total. The molecule has 0 aromatic heterocycles. The maximum Gasteiger partial charge on any atom is 0.302 e. The van der Waals surface area contributed by atoms with Gasteiger partial charge in [0.15, 0.2) is 0 Å². The Labute approximate surface area is 429 Å². The second-order valence-corrected chi connectivity index (χ2v) is 25.5. The number of nitrogens with two attached hydrogens (primary N) is 3. The number of phenols is 1. The van der Waals surface area contributed by atoms with Gasteiger partial charge in [0, 0.05) is 30.1 Å². The Hall–Kier alpha value is -3.39. The first-order valence-corrected chi connectivity index (χ1v) is 28.0. The molecule has 0 saturated heterocycles. The molecule has 3 unspecified atom stereocenters. The number of hydrogen-bond donors (Lipinski definition) is 6. The first-order valence-electron chi connectivity index (χ1n) is 28.0. The predicted octanol–water partition coefficient (Wildman–Crippen LogP) is 10.9. The molecular weight excluding hydrogens is 903 g/mol. The number of hydrogen-bond acceptors (Lipinski definition) is 11. The number of aliphatic hydroxyl groups is 2. The second-order valence-electron chi connectivity index (χ2n) is 25.5. The standard InChI is InChI=1S/C22H31NO3.C20H29NO2.C19H27NO3/c1-13-4-5-16-17-8-9-22(3)20(6-7-21(22)26-14(2)24)19(17)11-15(12-25-23)18(16)10-13;1-12-3-4-14-15-7-8-20(2)18(5-6-19(20)22)17(15)10-13(11-23-21)16(14)9-12;1-19-7-6-14-13-3-2-12(21)9-15(13)11(10-23-20)8-16(14)17(19)4-5-18(19)22/h4-5,10,15,17,19-21H,6-9,11-12,23H2,1-3H3;3-4,9,13,15,17-19,22H,5-8,10-11,21H2,1-2H3;2-3,9,11,14,16-18,21-22H,4-8,10,20H2,1H3/t15-,17-,19+,20+,21?,22-;13-,15+,17+,18+,19?,20-;11-,14+,16-,17-,18?,19+/m001/s1. The van der Waals surface area contributed by atoms with E-state index in [1.165, 1.54) is 70.7 Å². The highest BCUT2D eigenvalue weighted by molar-refractivity contribution is 5.66. The molecule has 0 heterocycles. The molecule has 12 rings (SSSR count). The lowest BCUT2D eigenvalue weighted by atomic mass is 9.54. The Bertz CT molecular complexity index is 2330. The van der Waals surface area contributed by atoms with Crippen molar-refractivity contribution >= 4 is 5.97 Å². The highest BCUT2D eigenvalue weighted by Crippen LogP contribution is 2.65. The van der Waals surface area contributed by atoms with Crippen molar-refractivity contribution in [1.82, 2.24) is 0 Å². The Morgan fingerprint density at radius 1 is 0.528 bits per heavy atom. The molecule has 9 aliphatic rings. The van der Waals surface area contributed by atoms with Gasteiger partial charge in [0.1, 0.15) is 11.9 Å². The SMILES string of the molecule is CC(=O)OC1CC[C@@H]2[C@@H]3C[C@@H](CON)c4cc(C)ccc4[C@@H]3CC[C@]12C.C[C@]12CC[C@H]3c4ccc(O)cc4[C@@H](CON)C[C@H]3[C@H]1CCC2O.Cc1ccc2c(c1)[C@H](CON)C[C@@H]1[C@@H]2CC[C@]2(C)C(O)CC[C@H]12. The molecule has 9 aliphatic carbocycles. The van der Waals surface area contributed by atoms with Crippen LogP contribution in [-0.2, 0) is 24.0 Å². The molecule has 6 saturated carbocycles. The Morgan fingerprint density at radius 2 is 0.903 bits per heavy atom. The summed E-state index contributed by atoms with van der Waals surface area (Å²) in [6.45, 7) is 14.5. The van der Waals surface area contributed by atoms with Crippen molar-refractivity contribution in [3.63, 3.8) is 0 Å². The van der Waals surface area contributed by atoms with E-state index in [1.54, 1.807) is 6.07 Å². The van der Waals surface area contributed by atoms with Crippen LogP contribution in [0.3, 0.4) is 0 Å². The highest BCUT2D eigenvalue weighted by Gasteiger charge is 2.59. The van der Waals surface area contributed by atoms with Crippen molar-refractivity contribution < 1.29 is 39.4 Å². The lowest BCUT2D eigenvalue weighted by Gasteiger charge is -2.51. The van der Waals surface area contributed by atoms with Crippen LogP contribution < -0.4 is 17.7 Å². The summed E-state index contributed by atoms with van der Waals surface area (Å²) >= 11 is 0. The second kappa shape index (κ2) is 20.6. The smallest absolute Gasteiger partial charge is 0.302 e. The number of rotatable bonds is 7. The summed E-state index contributed by atoms with van der Waals surface area (Å²) in [6.07, 6.45) is 16.4. The quantitative estimate of drug-likeness (QED) is 0.0975. The molecule has 72 heavy (non-hydrogen) atoms. The van der Waals surface area contributed by atoms with Gasteiger partial charge in [0.05, 0.1) is 32.0 Å². The number of benzene rings is 3. The van der Waals surface area contributed by atoms with Crippen molar-refractivity contribution in [2.24, 2.45) is 69.4 Å². The maximum atomic E-state index is 11.6. The van der Waals surface area contributed by atoms with E-state index in [0.717, 1.165) is 77.0 Å². The number of aromatic hydroxyl groups is 1. The lowest BCUT2D eigenvalue weighted by molar-refractivity contribution is -0.154. The van der Waals surface area contributed by atoms with Crippen LogP contribution in [0.25, 0.3) is 0 Å². The Balaban J connectivity index is 0.000000125. The third-order valence-corrected chi connectivity index (χ3v) is 22.1. The number of fused-ring (bicyclic) bond motifs is 15. The molecule has 18 atom stereocenters. The molecule has 3 aromatic rings. The first-order chi connectivity index (χ1) is 34.5. The zero-order chi connectivity index (χ0) is 50.9. The average molecular weight is 990 g/mol. The number of ether oxygens (including phenoxy) is 1. The fourth-order valence-electron chi connectivity index (χ4n) is 18.5. The van der Waals surface area contributed by atoms with Gasteiger partial charge in [-0.3, -0.25) is 4.79 Å². The van der Waals surface area contributed by atoms with E-state index >= 15 is 0 Å². The van der Waals surface area contributed by atoms with Crippen LogP contribution in [-0.4, -0.2) is 59.4 Å². The van der Waals surface area contributed by atoms with Gasteiger partial charge in [-0.2, -0.15) is 0 Å². The van der Waals surface area contributed by atoms with Crippen LogP contribution in [0, 0.1) is 65.6 Å². The van der Waals surface area contributed by atoms with E-state index in [2.05, 4.69) is 77.1 Å². The molecule has 6 fully saturated rings. The number of carbonyl (C=O) groups excluding carboxylic acids is 1. The van der Waals surface area contributed by atoms with Crippen LogP contribution in [0.4, 0.5) is 0 Å². The van der Waals surface area contributed by atoms with Crippen molar-refractivity contribution in [2.75, 3.05) is 19.8 Å². The molecule has 0 bridgehead atoms. The number of carbonyl (C=O) groups is 1. The molecule has 0 aliphatic heterocycles. The zero-order valence-electron chi connectivity index (χ0n) is 44.2. The summed E-state index contributed by atoms with van der Waals surface area (Å²) in [5, 5.41) is 30.9. The highest BCUT2D eigenvalue weighted by atomic mass is 16.6. The van der Waals surface area contributed by atoms with Crippen LogP contribution in [0.5, 0.6) is 5.75 Å². The summed E-state index contributed by atoms with van der Waals surface area (Å²) in [5.41, 5.74) is 11.4. The third-order valence-electron chi connectivity index (χ3n) is 22.1. The van der Waals surface area contributed by atoms with E-state index in [-0.39, 0.29) is 46.4 Å².